The van der Waals surface area contributed by atoms with E-state index >= 15 is 0 Å². The zero-order valence-electron chi connectivity index (χ0n) is 13.3. The van der Waals surface area contributed by atoms with E-state index in [2.05, 4.69) is 10.2 Å². The van der Waals surface area contributed by atoms with Crippen LogP contribution in [-0.4, -0.2) is 41.1 Å². The molecule has 4 heteroatoms. The summed E-state index contributed by atoms with van der Waals surface area (Å²) in [4.78, 5) is 14.3. The highest BCUT2D eigenvalue weighted by Crippen LogP contribution is 2.21. The molecular weight excluding hydrogens is 264 g/mol. The Kier molecular flexibility index (Phi) is 5.01. The summed E-state index contributed by atoms with van der Waals surface area (Å²) in [6.07, 6.45) is 2.47. The number of aliphatic hydroxyl groups is 1. The van der Waals surface area contributed by atoms with Gasteiger partial charge in [0, 0.05) is 12.2 Å². The first-order valence-electron chi connectivity index (χ1n) is 7.68. The minimum atomic E-state index is -0.585. The van der Waals surface area contributed by atoms with Crippen LogP contribution in [-0.2, 0) is 4.79 Å². The van der Waals surface area contributed by atoms with Gasteiger partial charge in [0.1, 0.15) is 0 Å². The van der Waals surface area contributed by atoms with Gasteiger partial charge in [0.15, 0.2) is 0 Å². The highest BCUT2D eigenvalue weighted by molar-refractivity contribution is 5.93. The lowest BCUT2D eigenvalue weighted by Gasteiger charge is -2.22. The Labute approximate surface area is 127 Å². The molecule has 21 heavy (non-hydrogen) atoms. The molecule has 1 fully saturated rings. The number of likely N-dealkylation sites (tertiary alicyclic amines) is 1. The van der Waals surface area contributed by atoms with Crippen molar-refractivity contribution in [3.8, 4) is 0 Å². The second-order valence-corrected chi connectivity index (χ2v) is 6.42. The molecule has 4 nitrogen and oxygen atoms in total. The largest absolute Gasteiger partial charge is 0.390 e. The first-order valence-corrected chi connectivity index (χ1v) is 7.68. The molecule has 1 saturated heterocycles. The van der Waals surface area contributed by atoms with Crippen LogP contribution in [0.25, 0.3) is 0 Å². The highest BCUT2D eigenvalue weighted by atomic mass is 16.3. The van der Waals surface area contributed by atoms with Gasteiger partial charge in [0.2, 0.25) is 5.91 Å². The van der Waals surface area contributed by atoms with Crippen molar-refractivity contribution in [1.29, 1.82) is 0 Å². The van der Waals surface area contributed by atoms with Crippen molar-refractivity contribution >= 4 is 11.6 Å². The Morgan fingerprint density at radius 2 is 2.10 bits per heavy atom. The summed E-state index contributed by atoms with van der Waals surface area (Å²) in [5.41, 5.74) is 2.60. The van der Waals surface area contributed by atoms with Gasteiger partial charge >= 0.3 is 0 Å². The molecule has 1 aliphatic heterocycles. The number of nitrogens with zero attached hydrogens (tertiary/aromatic N) is 1. The Morgan fingerprint density at radius 1 is 1.33 bits per heavy atom. The minimum Gasteiger partial charge on any atom is -0.390 e. The number of aryl methyl sites for hydroxylation is 1. The Morgan fingerprint density at radius 3 is 2.86 bits per heavy atom. The van der Waals surface area contributed by atoms with Crippen molar-refractivity contribution in [3.05, 3.63) is 29.3 Å². The van der Waals surface area contributed by atoms with Gasteiger partial charge in [0.25, 0.3) is 0 Å². The van der Waals surface area contributed by atoms with Crippen LogP contribution in [0.2, 0.25) is 0 Å². The maximum Gasteiger partial charge on any atom is 0.238 e. The predicted molar refractivity (Wildman–Crippen MR) is 85.5 cm³/mol. The van der Waals surface area contributed by atoms with Gasteiger partial charge in [0.05, 0.1) is 12.1 Å². The van der Waals surface area contributed by atoms with Crippen LogP contribution in [0.4, 0.5) is 5.69 Å². The van der Waals surface area contributed by atoms with Crippen molar-refractivity contribution in [2.45, 2.75) is 45.6 Å². The van der Waals surface area contributed by atoms with Crippen molar-refractivity contribution in [2.75, 3.05) is 25.0 Å². The van der Waals surface area contributed by atoms with Crippen LogP contribution < -0.4 is 5.32 Å². The molecule has 0 saturated carbocycles. The Bertz CT molecular complexity index is 512. The first-order chi connectivity index (χ1) is 9.87. The molecule has 2 N–H and O–H groups in total. The van der Waals surface area contributed by atoms with E-state index in [0.29, 0.717) is 6.54 Å². The maximum atomic E-state index is 12.2. The topological polar surface area (TPSA) is 52.6 Å². The number of anilines is 1. The number of nitrogens with one attached hydrogen (secondary N) is 1. The van der Waals surface area contributed by atoms with Crippen LogP contribution in [0.3, 0.4) is 0 Å². The smallest absolute Gasteiger partial charge is 0.238 e. The van der Waals surface area contributed by atoms with E-state index in [-0.39, 0.29) is 5.91 Å². The van der Waals surface area contributed by atoms with Crippen LogP contribution in [0.5, 0.6) is 0 Å². The van der Waals surface area contributed by atoms with Gasteiger partial charge < -0.3 is 10.4 Å². The molecular formula is C17H26N2O2. The standard InChI is InChI=1S/C17H26N2O2/c1-13-6-4-7-15(14(13)2)18-16(20)12-19-10-5-8-17(3,21)9-11-19/h4,6-7,21H,5,8-12H2,1-3H3,(H,18,20). The summed E-state index contributed by atoms with van der Waals surface area (Å²) in [6.45, 7) is 7.98. The van der Waals surface area contributed by atoms with Crippen molar-refractivity contribution in [1.82, 2.24) is 4.90 Å². The minimum absolute atomic E-state index is 0.0187. The molecule has 0 spiro atoms. The van der Waals surface area contributed by atoms with Crippen LogP contribution in [0.1, 0.15) is 37.3 Å². The summed E-state index contributed by atoms with van der Waals surface area (Å²) in [6, 6.07) is 5.94. The van der Waals surface area contributed by atoms with E-state index in [1.807, 2.05) is 39.0 Å². The lowest BCUT2D eigenvalue weighted by molar-refractivity contribution is -0.117. The second-order valence-electron chi connectivity index (χ2n) is 6.42. The van der Waals surface area contributed by atoms with Gasteiger partial charge in [-0.3, -0.25) is 9.69 Å². The molecule has 0 bridgehead atoms. The van der Waals surface area contributed by atoms with Crippen molar-refractivity contribution < 1.29 is 9.90 Å². The number of benzene rings is 1. The average molecular weight is 290 g/mol. The zero-order chi connectivity index (χ0) is 15.5. The SMILES string of the molecule is Cc1cccc(NC(=O)CN2CCCC(C)(O)CC2)c1C. The van der Waals surface area contributed by atoms with Crippen LogP contribution >= 0.6 is 0 Å². The molecule has 1 aliphatic rings. The number of rotatable bonds is 3. The van der Waals surface area contributed by atoms with E-state index in [4.69, 9.17) is 0 Å². The first kappa shape index (κ1) is 16.0. The lowest BCUT2D eigenvalue weighted by atomic mass is 9.98. The van der Waals surface area contributed by atoms with E-state index in [1.165, 1.54) is 5.56 Å². The van der Waals surface area contributed by atoms with Crippen molar-refractivity contribution in [3.63, 3.8) is 0 Å². The Hall–Kier alpha value is -1.39. The van der Waals surface area contributed by atoms with Crippen LogP contribution in [0, 0.1) is 13.8 Å². The molecule has 0 aliphatic carbocycles. The Balaban J connectivity index is 1.91. The third kappa shape index (κ3) is 4.55. The van der Waals surface area contributed by atoms with E-state index in [9.17, 15) is 9.90 Å². The fourth-order valence-corrected chi connectivity index (χ4v) is 2.76. The van der Waals surface area contributed by atoms with Gasteiger partial charge in [-0.2, -0.15) is 0 Å². The second kappa shape index (κ2) is 6.58. The van der Waals surface area contributed by atoms with Gasteiger partial charge in [-0.05, 0) is 63.8 Å². The highest BCUT2D eigenvalue weighted by Gasteiger charge is 2.25. The summed E-state index contributed by atoms with van der Waals surface area (Å²) in [7, 11) is 0. The van der Waals surface area contributed by atoms with Gasteiger partial charge in [-0.25, -0.2) is 0 Å². The summed E-state index contributed by atoms with van der Waals surface area (Å²) in [5, 5.41) is 13.1. The monoisotopic (exact) mass is 290 g/mol. The number of amides is 1. The fourth-order valence-electron chi connectivity index (χ4n) is 2.76. The average Bonchev–Trinajstić information content (AvgIpc) is 2.57. The molecule has 1 aromatic rings. The molecule has 1 heterocycles. The molecule has 0 radical (unpaired) electrons. The number of hydrogen-bond donors (Lipinski definition) is 2. The molecule has 1 unspecified atom stereocenters. The van der Waals surface area contributed by atoms with Crippen LogP contribution in [0.15, 0.2) is 18.2 Å². The van der Waals surface area contributed by atoms with E-state index < -0.39 is 5.60 Å². The predicted octanol–water partition coefficient (Wildman–Crippen LogP) is 2.48. The normalized spacial score (nSPS) is 23.6. The molecule has 1 aromatic carbocycles. The quantitative estimate of drug-likeness (QED) is 0.899. The van der Waals surface area contributed by atoms with Gasteiger partial charge in [-0.15, -0.1) is 0 Å². The fraction of sp³-hybridized carbons (Fsp3) is 0.588. The third-order valence-electron chi connectivity index (χ3n) is 4.40. The van der Waals surface area contributed by atoms with Gasteiger partial charge in [-0.1, -0.05) is 12.1 Å². The zero-order valence-corrected chi connectivity index (χ0v) is 13.3. The number of carbonyl (C=O) groups excluding carboxylic acids is 1. The lowest BCUT2D eigenvalue weighted by Crippen LogP contribution is -2.35. The van der Waals surface area contributed by atoms with E-state index in [0.717, 1.165) is 43.6 Å². The molecule has 1 amide bonds. The third-order valence-corrected chi connectivity index (χ3v) is 4.40. The number of hydrogen-bond acceptors (Lipinski definition) is 3. The molecule has 0 aromatic heterocycles. The van der Waals surface area contributed by atoms with Crippen molar-refractivity contribution in [2.24, 2.45) is 0 Å². The summed E-state index contributed by atoms with van der Waals surface area (Å²) >= 11 is 0. The summed E-state index contributed by atoms with van der Waals surface area (Å²) in [5.74, 6) is 0.0187. The number of carbonyl (C=O) groups is 1. The summed E-state index contributed by atoms with van der Waals surface area (Å²) < 4.78 is 0. The molecule has 2 rings (SSSR count). The molecule has 116 valence electrons. The molecule has 1 atom stereocenters. The maximum absolute atomic E-state index is 12.2. The van der Waals surface area contributed by atoms with E-state index in [1.54, 1.807) is 0 Å².